The van der Waals surface area contributed by atoms with E-state index in [9.17, 15) is 0 Å². The fraction of sp³-hybridized carbons (Fsp3) is 0.0625. The normalized spacial score (nSPS) is 10.6. The molecule has 4 aromatic rings. The minimum Gasteiger partial charge on any atom is -0.423 e. The predicted molar refractivity (Wildman–Crippen MR) is 96.1 cm³/mol. The minimum absolute atomic E-state index is 0.298. The van der Waals surface area contributed by atoms with Crippen LogP contribution in [0.25, 0.3) is 5.69 Å². The molecule has 0 radical (unpaired) electrons. The highest BCUT2D eigenvalue weighted by Crippen LogP contribution is 2.21. The smallest absolute Gasteiger partial charge is 0.345 e. The van der Waals surface area contributed by atoms with Crippen molar-refractivity contribution in [2.24, 2.45) is 0 Å². The van der Waals surface area contributed by atoms with Gasteiger partial charge in [0.1, 0.15) is 12.1 Å². The van der Waals surface area contributed by atoms with Crippen LogP contribution in [0.1, 0.15) is 5.56 Å². The second kappa shape index (κ2) is 7.15. The summed E-state index contributed by atoms with van der Waals surface area (Å²) in [5.74, 6) is 0.639. The molecule has 4 rings (SSSR count). The van der Waals surface area contributed by atoms with E-state index < -0.39 is 0 Å². The van der Waals surface area contributed by atoms with Gasteiger partial charge in [-0.05, 0) is 52.5 Å². The molecule has 10 heteroatoms. The molecule has 26 heavy (non-hydrogen) atoms. The molecule has 0 saturated heterocycles. The van der Waals surface area contributed by atoms with Crippen molar-refractivity contribution in [3.63, 3.8) is 0 Å². The van der Waals surface area contributed by atoms with Gasteiger partial charge in [-0.25, -0.2) is 4.68 Å². The lowest BCUT2D eigenvalue weighted by atomic mass is 10.2. The molecule has 0 fully saturated rings. The number of para-hydroxylation sites is 1. The summed E-state index contributed by atoms with van der Waals surface area (Å²) in [5.41, 5.74) is 5.03. The Kier molecular flexibility index (Phi) is 4.39. The van der Waals surface area contributed by atoms with Crippen LogP contribution in [0.3, 0.4) is 0 Å². The number of hydrogen-bond donors (Lipinski definition) is 2. The molecule has 0 amide bonds. The van der Waals surface area contributed by atoms with E-state index in [2.05, 4.69) is 31.1 Å². The zero-order valence-corrected chi connectivity index (χ0v) is 14.3. The average molecular weight is 366 g/mol. The molecule has 0 atom stereocenters. The van der Waals surface area contributed by atoms with Crippen molar-refractivity contribution in [2.75, 3.05) is 5.43 Å². The summed E-state index contributed by atoms with van der Waals surface area (Å²) in [4.78, 5) is 0. The number of aromatic amines is 1. The fourth-order valence-corrected chi connectivity index (χ4v) is 2.46. The lowest BCUT2D eigenvalue weighted by Gasteiger charge is -2.08. The third kappa shape index (κ3) is 3.44. The highest BCUT2D eigenvalue weighted by molar-refractivity contribution is 7.71. The minimum atomic E-state index is 0.298. The van der Waals surface area contributed by atoms with Gasteiger partial charge in [-0.1, -0.05) is 35.4 Å². The summed E-state index contributed by atoms with van der Waals surface area (Å²) in [6, 6.07) is 17.5. The maximum absolute atomic E-state index is 5.80. The van der Waals surface area contributed by atoms with Crippen LogP contribution >= 0.6 is 12.2 Å². The number of H-pyrrole nitrogens is 1. The first-order valence-electron chi connectivity index (χ1n) is 7.76. The molecule has 0 bridgehead atoms. The fourth-order valence-electron chi connectivity index (χ4n) is 2.29. The molecular weight excluding hydrogens is 352 g/mol. The molecule has 9 nitrogen and oxygen atoms in total. The van der Waals surface area contributed by atoms with Gasteiger partial charge in [0.05, 0.1) is 12.2 Å². The molecule has 2 aromatic carbocycles. The maximum atomic E-state index is 5.80. The van der Waals surface area contributed by atoms with E-state index in [1.54, 1.807) is 11.0 Å². The van der Waals surface area contributed by atoms with E-state index in [0.29, 0.717) is 23.1 Å². The van der Waals surface area contributed by atoms with Gasteiger partial charge < -0.3 is 10.2 Å². The molecule has 2 heterocycles. The van der Waals surface area contributed by atoms with Gasteiger partial charge in [-0.2, -0.15) is 9.78 Å². The van der Waals surface area contributed by atoms with Crippen LogP contribution < -0.4 is 10.2 Å². The summed E-state index contributed by atoms with van der Waals surface area (Å²) in [5, 5.41) is 18.1. The monoisotopic (exact) mass is 366 g/mol. The van der Waals surface area contributed by atoms with Crippen molar-refractivity contribution >= 4 is 12.2 Å². The topological polar surface area (TPSA) is 98.5 Å². The van der Waals surface area contributed by atoms with Crippen molar-refractivity contribution < 1.29 is 4.74 Å². The zero-order valence-electron chi connectivity index (χ0n) is 13.5. The lowest BCUT2D eigenvalue weighted by molar-refractivity contribution is 0.427. The molecular formula is C16H14N8OS. The van der Waals surface area contributed by atoms with Crippen molar-refractivity contribution in [1.29, 1.82) is 0 Å². The summed E-state index contributed by atoms with van der Waals surface area (Å²) in [6.07, 6.45) is 1.59. The van der Waals surface area contributed by atoms with E-state index in [4.69, 9.17) is 17.0 Å². The van der Waals surface area contributed by atoms with E-state index >= 15 is 0 Å². The number of ether oxygens (including phenoxy) is 1. The highest BCUT2D eigenvalue weighted by Gasteiger charge is 2.10. The standard InChI is InChI=1S/C16H14N8OS/c26-16-20-17-11-23(16)18-10-12-6-8-14(9-7-12)25-15-19-21-22-24(15)13-4-2-1-3-5-13/h1-9,11,18H,10H2,(H,20,26). The van der Waals surface area contributed by atoms with Gasteiger partial charge in [0.15, 0.2) is 0 Å². The van der Waals surface area contributed by atoms with E-state index in [1.165, 1.54) is 4.68 Å². The van der Waals surface area contributed by atoms with Crippen LogP contribution in [0.2, 0.25) is 0 Å². The Labute approximate surface area is 153 Å². The third-order valence-corrected chi connectivity index (χ3v) is 3.87. The Morgan fingerprint density at radius 3 is 2.62 bits per heavy atom. The molecule has 0 saturated carbocycles. The molecule has 2 aromatic heterocycles. The van der Waals surface area contributed by atoms with E-state index in [1.807, 2.05) is 54.6 Å². The number of rotatable bonds is 6. The van der Waals surface area contributed by atoms with Gasteiger partial charge in [0.25, 0.3) is 0 Å². The Morgan fingerprint density at radius 1 is 1.08 bits per heavy atom. The first kappa shape index (κ1) is 16.0. The van der Waals surface area contributed by atoms with Gasteiger partial charge in [0.2, 0.25) is 4.77 Å². The van der Waals surface area contributed by atoms with Gasteiger partial charge in [-0.15, -0.1) is 0 Å². The van der Waals surface area contributed by atoms with Crippen LogP contribution in [-0.2, 0) is 6.54 Å². The second-order valence-electron chi connectivity index (χ2n) is 5.32. The summed E-state index contributed by atoms with van der Waals surface area (Å²) in [6.45, 7) is 0.593. The molecule has 0 aliphatic carbocycles. The Bertz CT molecular complexity index is 1040. The summed E-state index contributed by atoms with van der Waals surface area (Å²) < 4.78 is 9.49. The van der Waals surface area contributed by atoms with E-state index in [0.717, 1.165) is 11.3 Å². The number of tetrazole rings is 1. The molecule has 0 spiro atoms. The average Bonchev–Trinajstić information content (AvgIpc) is 3.31. The second-order valence-corrected chi connectivity index (χ2v) is 5.71. The Morgan fingerprint density at radius 2 is 1.88 bits per heavy atom. The van der Waals surface area contributed by atoms with Gasteiger partial charge >= 0.3 is 6.01 Å². The summed E-state index contributed by atoms with van der Waals surface area (Å²) >= 11 is 5.08. The van der Waals surface area contributed by atoms with Crippen LogP contribution in [-0.4, -0.2) is 35.1 Å². The summed E-state index contributed by atoms with van der Waals surface area (Å²) in [7, 11) is 0. The first-order valence-corrected chi connectivity index (χ1v) is 8.17. The third-order valence-electron chi connectivity index (χ3n) is 3.58. The van der Waals surface area contributed by atoms with Crippen LogP contribution in [0.5, 0.6) is 11.8 Å². The number of hydrogen-bond acceptors (Lipinski definition) is 7. The molecule has 130 valence electrons. The van der Waals surface area contributed by atoms with Crippen molar-refractivity contribution in [3.8, 4) is 17.4 Å². The quantitative estimate of drug-likeness (QED) is 0.506. The number of benzene rings is 2. The van der Waals surface area contributed by atoms with Crippen molar-refractivity contribution in [3.05, 3.63) is 71.3 Å². The molecule has 0 aliphatic heterocycles. The van der Waals surface area contributed by atoms with Crippen LogP contribution in [0, 0.1) is 4.77 Å². The Balaban J connectivity index is 1.44. The SMILES string of the molecule is S=c1[nH]ncn1NCc1ccc(Oc2nnnn2-c2ccccc2)cc1. The number of nitrogens with zero attached hydrogens (tertiary/aromatic N) is 6. The first-order chi connectivity index (χ1) is 12.8. The van der Waals surface area contributed by atoms with Gasteiger partial charge in [-0.3, -0.25) is 5.10 Å². The predicted octanol–water partition coefficient (Wildman–Crippen LogP) is 2.45. The molecule has 2 N–H and O–H groups in total. The zero-order chi connectivity index (χ0) is 17.8. The lowest BCUT2D eigenvalue weighted by Crippen LogP contribution is -2.13. The molecule has 0 unspecified atom stereocenters. The van der Waals surface area contributed by atoms with Crippen molar-refractivity contribution in [2.45, 2.75) is 6.54 Å². The Hall–Kier alpha value is -3.53. The van der Waals surface area contributed by atoms with E-state index in [-0.39, 0.29) is 0 Å². The van der Waals surface area contributed by atoms with Crippen LogP contribution in [0.15, 0.2) is 60.9 Å². The molecule has 0 aliphatic rings. The largest absolute Gasteiger partial charge is 0.423 e. The van der Waals surface area contributed by atoms with Gasteiger partial charge in [0, 0.05) is 0 Å². The maximum Gasteiger partial charge on any atom is 0.345 e. The number of aromatic nitrogens is 7. The number of nitrogens with one attached hydrogen (secondary N) is 2. The highest BCUT2D eigenvalue weighted by atomic mass is 32.1. The van der Waals surface area contributed by atoms with Crippen LogP contribution in [0.4, 0.5) is 0 Å². The van der Waals surface area contributed by atoms with Crippen molar-refractivity contribution in [1.82, 2.24) is 35.1 Å².